The van der Waals surface area contributed by atoms with Crippen LogP contribution in [0.25, 0.3) is 11.3 Å². The predicted octanol–water partition coefficient (Wildman–Crippen LogP) is 3.86. The first-order valence-electron chi connectivity index (χ1n) is 9.25. The van der Waals surface area contributed by atoms with Crippen molar-refractivity contribution in [1.82, 2.24) is 15.6 Å². The van der Waals surface area contributed by atoms with Gasteiger partial charge >= 0.3 is 6.03 Å². The lowest BCUT2D eigenvalue weighted by Gasteiger charge is -2.17. The number of halogens is 1. The second-order valence-corrected chi connectivity index (χ2v) is 7.05. The van der Waals surface area contributed by atoms with Gasteiger partial charge in [0.1, 0.15) is 0 Å². The average molecular weight is 407 g/mol. The molecule has 2 aromatic carbocycles. The van der Waals surface area contributed by atoms with E-state index in [0.29, 0.717) is 35.9 Å². The third kappa shape index (κ3) is 4.22. The second-order valence-electron chi connectivity index (χ2n) is 6.65. The molecule has 0 radical (unpaired) electrons. The van der Waals surface area contributed by atoms with Gasteiger partial charge < -0.3 is 10.6 Å². The number of urea groups is 1. The van der Waals surface area contributed by atoms with Gasteiger partial charge in [-0.15, -0.1) is 0 Å². The molecule has 3 amide bonds. The van der Waals surface area contributed by atoms with Crippen molar-refractivity contribution >= 4 is 29.2 Å². The molecule has 2 N–H and O–H groups in total. The summed E-state index contributed by atoms with van der Waals surface area (Å²) in [5.41, 5.74) is 3.80. The third-order valence-corrected chi connectivity index (χ3v) is 5.02. The van der Waals surface area contributed by atoms with Crippen LogP contribution in [0.4, 0.5) is 10.5 Å². The molecule has 1 fully saturated rings. The summed E-state index contributed by atoms with van der Waals surface area (Å²) < 4.78 is 0. The summed E-state index contributed by atoms with van der Waals surface area (Å²) in [6.45, 7) is 1.43. The normalized spacial score (nSPS) is 13.3. The maximum absolute atomic E-state index is 12.6. The van der Waals surface area contributed by atoms with E-state index >= 15 is 0 Å². The Morgan fingerprint density at radius 1 is 1.14 bits per heavy atom. The zero-order valence-corrected chi connectivity index (χ0v) is 16.3. The highest BCUT2D eigenvalue weighted by Crippen LogP contribution is 2.28. The number of carbonyl (C=O) groups is 2. The topological polar surface area (TPSA) is 74.3 Å². The molecule has 3 aromatic rings. The van der Waals surface area contributed by atoms with Gasteiger partial charge in [-0.05, 0) is 35.9 Å². The van der Waals surface area contributed by atoms with Crippen molar-refractivity contribution in [1.29, 1.82) is 0 Å². The summed E-state index contributed by atoms with van der Waals surface area (Å²) in [5.74, 6) is -0.236. The molecule has 6 nitrogen and oxygen atoms in total. The van der Waals surface area contributed by atoms with Gasteiger partial charge in [-0.1, -0.05) is 41.9 Å². The van der Waals surface area contributed by atoms with Crippen LogP contribution in [-0.2, 0) is 6.54 Å². The Labute approximate surface area is 173 Å². The minimum atomic E-state index is -0.236. The summed E-state index contributed by atoms with van der Waals surface area (Å²) in [6, 6.07) is 18.4. The first-order chi connectivity index (χ1) is 14.1. The summed E-state index contributed by atoms with van der Waals surface area (Å²) in [5, 5.41) is 6.08. The van der Waals surface area contributed by atoms with Crippen molar-refractivity contribution in [2.24, 2.45) is 0 Å². The van der Waals surface area contributed by atoms with Crippen molar-refractivity contribution in [3.05, 3.63) is 83.0 Å². The Hall–Kier alpha value is -3.38. The first-order valence-corrected chi connectivity index (χ1v) is 9.63. The lowest BCUT2D eigenvalue weighted by atomic mass is 10.1. The van der Waals surface area contributed by atoms with Gasteiger partial charge in [-0.25, -0.2) is 4.79 Å². The van der Waals surface area contributed by atoms with Crippen molar-refractivity contribution < 1.29 is 9.59 Å². The van der Waals surface area contributed by atoms with Crippen molar-refractivity contribution in [3.63, 3.8) is 0 Å². The van der Waals surface area contributed by atoms with Gasteiger partial charge in [-0.2, -0.15) is 0 Å². The highest BCUT2D eigenvalue weighted by molar-refractivity contribution is 6.34. The quantitative estimate of drug-likeness (QED) is 0.675. The Morgan fingerprint density at radius 2 is 1.97 bits per heavy atom. The van der Waals surface area contributed by atoms with E-state index in [4.69, 9.17) is 11.6 Å². The number of hydrogen-bond acceptors (Lipinski definition) is 3. The number of nitrogens with zero attached hydrogens (tertiary/aromatic N) is 2. The van der Waals surface area contributed by atoms with Crippen LogP contribution in [0.3, 0.4) is 0 Å². The third-order valence-electron chi connectivity index (χ3n) is 4.70. The minimum absolute atomic E-state index is 0.213. The molecule has 29 heavy (non-hydrogen) atoms. The molecule has 7 heteroatoms. The van der Waals surface area contributed by atoms with Crippen molar-refractivity contribution in [2.45, 2.75) is 6.54 Å². The molecular formula is C22H19ClN4O2. The highest BCUT2D eigenvalue weighted by atomic mass is 35.5. The highest BCUT2D eigenvalue weighted by Gasteiger charge is 2.24. The number of hydrogen-bond donors (Lipinski definition) is 2. The van der Waals surface area contributed by atoms with Gasteiger partial charge in [0.2, 0.25) is 0 Å². The van der Waals surface area contributed by atoms with Crippen LogP contribution in [-0.4, -0.2) is 30.0 Å². The SMILES string of the molecule is O=C(NCc1ccnc(-c2ccccc2)c1)c1ccc(Cl)c(N2CCNC2=O)c1. The zero-order valence-electron chi connectivity index (χ0n) is 15.6. The molecule has 0 spiro atoms. The van der Waals surface area contributed by atoms with Crippen LogP contribution in [0.5, 0.6) is 0 Å². The van der Waals surface area contributed by atoms with E-state index in [0.717, 1.165) is 16.8 Å². The average Bonchev–Trinajstić information content (AvgIpc) is 3.19. The molecule has 0 unspecified atom stereocenters. The van der Waals surface area contributed by atoms with E-state index in [1.807, 2.05) is 42.5 Å². The molecule has 1 aromatic heterocycles. The number of amides is 3. The van der Waals surface area contributed by atoms with Crippen LogP contribution < -0.4 is 15.5 Å². The van der Waals surface area contributed by atoms with Crippen molar-refractivity contribution in [2.75, 3.05) is 18.0 Å². The molecule has 1 saturated heterocycles. The number of aromatic nitrogens is 1. The number of rotatable bonds is 5. The molecule has 0 atom stereocenters. The fourth-order valence-electron chi connectivity index (χ4n) is 3.20. The van der Waals surface area contributed by atoms with Crippen LogP contribution >= 0.6 is 11.6 Å². The fourth-order valence-corrected chi connectivity index (χ4v) is 3.42. The molecule has 0 bridgehead atoms. The van der Waals surface area contributed by atoms with E-state index in [1.165, 1.54) is 4.90 Å². The van der Waals surface area contributed by atoms with Gasteiger partial charge in [0.15, 0.2) is 0 Å². The number of carbonyl (C=O) groups excluding carboxylic acids is 2. The van der Waals surface area contributed by atoms with E-state index in [1.54, 1.807) is 24.4 Å². The Bertz CT molecular complexity index is 1060. The Balaban J connectivity index is 1.47. The Morgan fingerprint density at radius 3 is 2.72 bits per heavy atom. The number of pyridine rings is 1. The second kappa shape index (κ2) is 8.32. The maximum atomic E-state index is 12.6. The molecule has 2 heterocycles. The van der Waals surface area contributed by atoms with E-state index < -0.39 is 0 Å². The molecule has 1 aliphatic heterocycles. The fraction of sp³-hybridized carbons (Fsp3) is 0.136. The number of nitrogens with one attached hydrogen (secondary N) is 2. The summed E-state index contributed by atoms with van der Waals surface area (Å²) in [6.07, 6.45) is 1.73. The molecule has 4 rings (SSSR count). The van der Waals surface area contributed by atoms with E-state index in [2.05, 4.69) is 15.6 Å². The predicted molar refractivity (Wildman–Crippen MR) is 113 cm³/mol. The summed E-state index contributed by atoms with van der Waals surface area (Å²) in [4.78, 5) is 30.5. The molecule has 0 saturated carbocycles. The number of anilines is 1. The zero-order chi connectivity index (χ0) is 20.2. The van der Waals surface area contributed by atoms with Crippen molar-refractivity contribution in [3.8, 4) is 11.3 Å². The lowest BCUT2D eigenvalue weighted by molar-refractivity contribution is 0.0951. The van der Waals surface area contributed by atoms with Gasteiger partial charge in [0.25, 0.3) is 5.91 Å². The van der Waals surface area contributed by atoms with E-state index in [9.17, 15) is 9.59 Å². The summed E-state index contributed by atoms with van der Waals surface area (Å²) in [7, 11) is 0. The monoisotopic (exact) mass is 406 g/mol. The van der Waals surface area contributed by atoms with Crippen LogP contribution in [0.15, 0.2) is 66.9 Å². The van der Waals surface area contributed by atoms with E-state index in [-0.39, 0.29) is 11.9 Å². The Kier molecular flexibility index (Phi) is 5.44. The minimum Gasteiger partial charge on any atom is -0.348 e. The lowest BCUT2D eigenvalue weighted by Crippen LogP contribution is -2.28. The van der Waals surface area contributed by atoms with Gasteiger partial charge in [-0.3, -0.25) is 14.7 Å². The van der Waals surface area contributed by atoms with Crippen LogP contribution in [0.2, 0.25) is 5.02 Å². The van der Waals surface area contributed by atoms with Crippen LogP contribution in [0.1, 0.15) is 15.9 Å². The summed E-state index contributed by atoms with van der Waals surface area (Å²) >= 11 is 6.23. The van der Waals surface area contributed by atoms with Gasteiger partial charge in [0.05, 0.1) is 16.4 Å². The molecule has 0 aliphatic carbocycles. The van der Waals surface area contributed by atoms with Gasteiger partial charge in [0, 0.05) is 37.0 Å². The van der Waals surface area contributed by atoms with Crippen LogP contribution in [0, 0.1) is 0 Å². The smallest absolute Gasteiger partial charge is 0.322 e. The molecule has 146 valence electrons. The largest absolute Gasteiger partial charge is 0.348 e. The maximum Gasteiger partial charge on any atom is 0.322 e. The number of benzene rings is 2. The molecular weight excluding hydrogens is 388 g/mol. The first kappa shape index (κ1) is 19.0. The standard InChI is InChI=1S/C22H19ClN4O2/c23-18-7-6-17(13-20(18)27-11-10-25-22(27)29)21(28)26-14-15-8-9-24-19(12-15)16-4-2-1-3-5-16/h1-9,12-13H,10-11,14H2,(H,25,29)(H,26,28). The molecule has 1 aliphatic rings.